The SMILES string of the molecule is C=C(C)C(=O)ON1C(=O)C2CCC(C)CC2C1=O. The second-order valence-electron chi connectivity index (χ2n) is 5.26. The van der Waals surface area contributed by atoms with E-state index in [4.69, 9.17) is 4.84 Å². The van der Waals surface area contributed by atoms with Crippen LogP contribution in [0.2, 0.25) is 0 Å². The van der Waals surface area contributed by atoms with Crippen molar-refractivity contribution in [2.75, 3.05) is 0 Å². The normalized spacial score (nSPS) is 31.2. The van der Waals surface area contributed by atoms with Crippen LogP contribution >= 0.6 is 0 Å². The molecule has 5 heteroatoms. The van der Waals surface area contributed by atoms with E-state index in [2.05, 4.69) is 13.5 Å². The van der Waals surface area contributed by atoms with Gasteiger partial charge in [-0.3, -0.25) is 9.59 Å². The van der Waals surface area contributed by atoms with Gasteiger partial charge in [0.25, 0.3) is 11.8 Å². The van der Waals surface area contributed by atoms with Crippen LogP contribution in [0.4, 0.5) is 0 Å². The molecule has 1 aliphatic carbocycles. The van der Waals surface area contributed by atoms with Crippen LogP contribution in [0.15, 0.2) is 12.2 Å². The zero-order chi connectivity index (χ0) is 13.4. The number of amides is 2. The van der Waals surface area contributed by atoms with E-state index in [9.17, 15) is 14.4 Å². The number of imide groups is 1. The molecule has 2 fully saturated rings. The van der Waals surface area contributed by atoms with Gasteiger partial charge in [0.05, 0.1) is 11.8 Å². The monoisotopic (exact) mass is 251 g/mol. The van der Waals surface area contributed by atoms with Gasteiger partial charge in [-0.15, -0.1) is 5.06 Å². The van der Waals surface area contributed by atoms with Gasteiger partial charge in [0.15, 0.2) is 0 Å². The number of hydroxylamine groups is 2. The Hall–Kier alpha value is -1.65. The smallest absolute Gasteiger partial charge is 0.325 e. The van der Waals surface area contributed by atoms with E-state index >= 15 is 0 Å². The third-order valence-corrected chi connectivity index (χ3v) is 3.67. The predicted octanol–water partition coefficient (Wildman–Crippen LogP) is 1.44. The number of carbonyl (C=O) groups is 3. The van der Waals surface area contributed by atoms with Crippen molar-refractivity contribution < 1.29 is 19.2 Å². The third-order valence-electron chi connectivity index (χ3n) is 3.67. The molecule has 98 valence electrons. The van der Waals surface area contributed by atoms with Gasteiger partial charge in [-0.2, -0.15) is 0 Å². The van der Waals surface area contributed by atoms with Crippen molar-refractivity contribution in [3.63, 3.8) is 0 Å². The molecule has 3 unspecified atom stereocenters. The number of hydrogen-bond donors (Lipinski definition) is 0. The van der Waals surface area contributed by atoms with Crippen molar-refractivity contribution in [1.82, 2.24) is 5.06 Å². The van der Waals surface area contributed by atoms with Crippen LogP contribution in [0.25, 0.3) is 0 Å². The molecule has 0 aromatic carbocycles. The second-order valence-corrected chi connectivity index (χ2v) is 5.26. The van der Waals surface area contributed by atoms with Gasteiger partial charge in [-0.25, -0.2) is 4.79 Å². The van der Waals surface area contributed by atoms with Gasteiger partial charge < -0.3 is 4.84 Å². The summed E-state index contributed by atoms with van der Waals surface area (Å²) in [5, 5.41) is 0.643. The maximum absolute atomic E-state index is 12.1. The lowest BCUT2D eigenvalue weighted by Gasteiger charge is -2.25. The molecule has 2 amide bonds. The summed E-state index contributed by atoms with van der Waals surface area (Å²) < 4.78 is 0. The molecule has 1 aliphatic heterocycles. The van der Waals surface area contributed by atoms with Gasteiger partial charge in [0, 0.05) is 5.57 Å². The first-order valence-electron chi connectivity index (χ1n) is 6.17. The van der Waals surface area contributed by atoms with Crippen molar-refractivity contribution in [2.45, 2.75) is 33.1 Å². The van der Waals surface area contributed by atoms with E-state index in [-0.39, 0.29) is 29.2 Å². The summed E-state index contributed by atoms with van der Waals surface area (Å²) in [4.78, 5) is 40.3. The van der Waals surface area contributed by atoms with Crippen LogP contribution in [-0.2, 0) is 19.2 Å². The maximum atomic E-state index is 12.1. The average Bonchev–Trinajstić information content (AvgIpc) is 2.54. The lowest BCUT2D eigenvalue weighted by molar-refractivity contribution is -0.195. The van der Waals surface area contributed by atoms with E-state index < -0.39 is 5.97 Å². The van der Waals surface area contributed by atoms with Crippen LogP contribution in [0, 0.1) is 17.8 Å². The molecule has 1 saturated carbocycles. The highest BCUT2D eigenvalue weighted by molar-refractivity contribution is 6.05. The molecule has 0 bridgehead atoms. The molecule has 2 aliphatic rings. The Bertz CT molecular complexity index is 429. The molecule has 1 heterocycles. The summed E-state index contributed by atoms with van der Waals surface area (Å²) in [6, 6.07) is 0. The molecule has 2 rings (SSSR count). The van der Waals surface area contributed by atoms with Crippen LogP contribution < -0.4 is 0 Å². The first kappa shape index (κ1) is 12.8. The first-order chi connectivity index (χ1) is 8.41. The van der Waals surface area contributed by atoms with Crippen molar-refractivity contribution in [1.29, 1.82) is 0 Å². The quantitative estimate of drug-likeness (QED) is 0.550. The average molecular weight is 251 g/mol. The first-order valence-corrected chi connectivity index (χ1v) is 6.17. The van der Waals surface area contributed by atoms with E-state index in [0.29, 0.717) is 23.8 Å². The lowest BCUT2D eigenvalue weighted by Crippen LogP contribution is -2.34. The van der Waals surface area contributed by atoms with Gasteiger partial charge in [-0.1, -0.05) is 13.5 Å². The zero-order valence-corrected chi connectivity index (χ0v) is 10.6. The Balaban J connectivity index is 2.14. The van der Waals surface area contributed by atoms with Gasteiger partial charge in [-0.05, 0) is 32.1 Å². The minimum atomic E-state index is -0.733. The number of nitrogens with zero attached hydrogens (tertiary/aromatic N) is 1. The van der Waals surface area contributed by atoms with E-state index in [1.54, 1.807) is 0 Å². The standard InChI is InChI=1S/C13H17NO4/c1-7(2)13(17)18-14-11(15)9-5-4-8(3)6-10(9)12(14)16/h8-10H,1,4-6H2,2-3H3. The predicted molar refractivity (Wildman–Crippen MR) is 62.8 cm³/mol. The number of carbonyl (C=O) groups excluding carboxylic acids is 3. The lowest BCUT2D eigenvalue weighted by atomic mass is 9.76. The van der Waals surface area contributed by atoms with Gasteiger partial charge in [0.2, 0.25) is 0 Å². The minimum absolute atomic E-state index is 0.166. The Kier molecular flexibility index (Phi) is 3.24. The molecule has 0 N–H and O–H groups in total. The molecule has 18 heavy (non-hydrogen) atoms. The number of hydrogen-bond acceptors (Lipinski definition) is 4. The van der Waals surface area contributed by atoms with Crippen LogP contribution in [-0.4, -0.2) is 22.8 Å². The molecule has 0 spiro atoms. The Labute approximate surface area is 106 Å². The van der Waals surface area contributed by atoms with Crippen molar-refractivity contribution >= 4 is 17.8 Å². The molecular weight excluding hydrogens is 234 g/mol. The zero-order valence-electron chi connectivity index (χ0n) is 10.6. The van der Waals surface area contributed by atoms with Crippen molar-refractivity contribution in [3.05, 3.63) is 12.2 Å². The molecule has 0 radical (unpaired) electrons. The van der Waals surface area contributed by atoms with E-state index in [0.717, 1.165) is 6.42 Å². The van der Waals surface area contributed by atoms with Crippen molar-refractivity contribution in [3.8, 4) is 0 Å². The highest BCUT2D eigenvalue weighted by Crippen LogP contribution is 2.40. The van der Waals surface area contributed by atoms with Crippen molar-refractivity contribution in [2.24, 2.45) is 17.8 Å². The summed E-state index contributed by atoms with van der Waals surface area (Å²) in [7, 11) is 0. The fraction of sp³-hybridized carbons (Fsp3) is 0.615. The summed E-state index contributed by atoms with van der Waals surface area (Å²) in [5.74, 6) is -1.70. The van der Waals surface area contributed by atoms with Crippen LogP contribution in [0.5, 0.6) is 0 Å². The van der Waals surface area contributed by atoms with E-state index in [1.165, 1.54) is 6.92 Å². The largest absolute Gasteiger partial charge is 0.359 e. The Morgan fingerprint density at radius 3 is 2.50 bits per heavy atom. The molecule has 0 aromatic heterocycles. The van der Waals surface area contributed by atoms with Crippen LogP contribution in [0.1, 0.15) is 33.1 Å². The Morgan fingerprint density at radius 1 is 1.28 bits per heavy atom. The van der Waals surface area contributed by atoms with Gasteiger partial charge >= 0.3 is 5.97 Å². The summed E-state index contributed by atoms with van der Waals surface area (Å²) in [6.07, 6.45) is 2.32. The number of rotatable bonds is 2. The highest BCUT2D eigenvalue weighted by atomic mass is 16.7. The molecule has 5 nitrogen and oxygen atoms in total. The molecular formula is C13H17NO4. The summed E-state index contributed by atoms with van der Waals surface area (Å²) in [5.41, 5.74) is 0.166. The topological polar surface area (TPSA) is 63.7 Å². The third kappa shape index (κ3) is 2.05. The second kappa shape index (κ2) is 4.55. The fourth-order valence-electron chi connectivity index (χ4n) is 2.61. The summed E-state index contributed by atoms with van der Waals surface area (Å²) >= 11 is 0. The molecule has 3 atom stereocenters. The summed E-state index contributed by atoms with van der Waals surface area (Å²) in [6.45, 7) is 6.97. The van der Waals surface area contributed by atoms with E-state index in [1.807, 2.05) is 0 Å². The molecule has 1 saturated heterocycles. The highest BCUT2D eigenvalue weighted by Gasteiger charge is 2.51. The number of fused-ring (bicyclic) bond motifs is 1. The van der Waals surface area contributed by atoms with Crippen LogP contribution in [0.3, 0.4) is 0 Å². The molecule has 0 aromatic rings. The Morgan fingerprint density at radius 2 is 1.89 bits per heavy atom. The fourth-order valence-corrected chi connectivity index (χ4v) is 2.61. The van der Waals surface area contributed by atoms with Gasteiger partial charge in [0.1, 0.15) is 0 Å². The maximum Gasteiger partial charge on any atom is 0.359 e. The minimum Gasteiger partial charge on any atom is -0.325 e.